The molecule has 3 nitrogen and oxygen atoms in total. The van der Waals surface area contributed by atoms with Crippen molar-refractivity contribution in [3.05, 3.63) is 24.2 Å². The van der Waals surface area contributed by atoms with E-state index in [1.807, 2.05) is 6.07 Å². The predicted octanol–water partition coefficient (Wildman–Crippen LogP) is 0.568. The molecule has 1 aromatic rings. The molecule has 0 saturated carbocycles. The van der Waals surface area contributed by atoms with Gasteiger partial charge in [0.05, 0.1) is 19.1 Å². The van der Waals surface area contributed by atoms with Gasteiger partial charge < -0.3 is 14.5 Å². The fraction of sp³-hybridized carbons (Fsp3) is 0.286. The molecule has 1 N–H and O–H groups in total. The first-order valence-electron chi connectivity index (χ1n) is 3.09. The molecule has 3 heteroatoms. The number of furan rings is 1. The summed E-state index contributed by atoms with van der Waals surface area (Å²) in [7, 11) is 0. The Morgan fingerprint density at radius 3 is 3.20 bits per heavy atom. The van der Waals surface area contributed by atoms with E-state index in [9.17, 15) is 4.79 Å². The first-order chi connectivity index (χ1) is 4.93. The van der Waals surface area contributed by atoms with E-state index in [0.717, 1.165) is 11.8 Å². The van der Waals surface area contributed by atoms with Crippen molar-refractivity contribution >= 4 is 6.29 Å². The Morgan fingerprint density at radius 2 is 2.60 bits per heavy atom. The zero-order chi connectivity index (χ0) is 7.23. The van der Waals surface area contributed by atoms with Crippen molar-refractivity contribution in [3.8, 4) is 0 Å². The Morgan fingerprint density at radius 1 is 1.70 bits per heavy atom. The lowest BCUT2D eigenvalue weighted by molar-refractivity contribution is -0.107. The molecule has 0 fully saturated rings. The molecule has 0 saturated heterocycles. The summed E-state index contributed by atoms with van der Waals surface area (Å²) >= 11 is 0. The summed E-state index contributed by atoms with van der Waals surface area (Å²) in [5.74, 6) is 0. The number of hydrogen-bond donors (Lipinski definition) is 1. The van der Waals surface area contributed by atoms with E-state index in [1.54, 1.807) is 12.5 Å². The molecular formula is C7H9NO2. The second-order valence-corrected chi connectivity index (χ2v) is 1.93. The van der Waals surface area contributed by atoms with E-state index in [0.29, 0.717) is 13.1 Å². The van der Waals surface area contributed by atoms with Crippen LogP contribution in [0, 0.1) is 0 Å². The number of hydrogen-bond acceptors (Lipinski definition) is 3. The number of aldehydes is 1. The fourth-order valence-corrected chi connectivity index (χ4v) is 0.669. The van der Waals surface area contributed by atoms with Crippen LogP contribution in [0.1, 0.15) is 5.56 Å². The quantitative estimate of drug-likeness (QED) is 0.489. The molecule has 1 heterocycles. The Labute approximate surface area is 59.0 Å². The molecule has 0 amide bonds. The van der Waals surface area contributed by atoms with Crippen molar-refractivity contribution in [1.82, 2.24) is 5.32 Å². The van der Waals surface area contributed by atoms with Gasteiger partial charge in [0, 0.05) is 12.1 Å². The maximum absolute atomic E-state index is 9.85. The van der Waals surface area contributed by atoms with Crippen LogP contribution in [0.3, 0.4) is 0 Å². The van der Waals surface area contributed by atoms with Crippen molar-refractivity contribution in [3.63, 3.8) is 0 Å². The molecule has 10 heavy (non-hydrogen) atoms. The summed E-state index contributed by atoms with van der Waals surface area (Å²) in [5, 5.41) is 2.91. The van der Waals surface area contributed by atoms with Gasteiger partial charge in [0.2, 0.25) is 0 Å². The van der Waals surface area contributed by atoms with Gasteiger partial charge in [-0.25, -0.2) is 0 Å². The maximum atomic E-state index is 9.85. The van der Waals surface area contributed by atoms with Crippen LogP contribution in [-0.4, -0.2) is 12.8 Å². The van der Waals surface area contributed by atoms with Crippen LogP contribution in [0.25, 0.3) is 0 Å². The lowest BCUT2D eigenvalue weighted by Gasteiger charge is -1.93. The third-order valence-electron chi connectivity index (χ3n) is 1.14. The summed E-state index contributed by atoms with van der Waals surface area (Å²) in [5.41, 5.74) is 1.06. The second kappa shape index (κ2) is 3.85. The maximum Gasteiger partial charge on any atom is 0.133 e. The first kappa shape index (κ1) is 7.02. The average Bonchev–Trinajstić information content (AvgIpc) is 2.41. The van der Waals surface area contributed by atoms with Crippen LogP contribution < -0.4 is 5.32 Å². The van der Waals surface area contributed by atoms with Crippen LogP contribution in [0.2, 0.25) is 0 Å². The predicted molar refractivity (Wildman–Crippen MR) is 36.5 cm³/mol. The Kier molecular flexibility index (Phi) is 2.70. The van der Waals surface area contributed by atoms with Gasteiger partial charge in [-0.1, -0.05) is 0 Å². The summed E-state index contributed by atoms with van der Waals surface area (Å²) in [6.07, 6.45) is 4.09. The van der Waals surface area contributed by atoms with Crippen molar-refractivity contribution < 1.29 is 9.21 Å². The van der Waals surface area contributed by atoms with Gasteiger partial charge in [-0.15, -0.1) is 0 Å². The van der Waals surface area contributed by atoms with Crippen LogP contribution in [0.15, 0.2) is 23.0 Å². The van der Waals surface area contributed by atoms with Gasteiger partial charge in [-0.3, -0.25) is 0 Å². The van der Waals surface area contributed by atoms with E-state index >= 15 is 0 Å². The lowest BCUT2D eigenvalue weighted by atomic mass is 10.3. The largest absolute Gasteiger partial charge is 0.472 e. The Bertz CT molecular complexity index is 181. The van der Waals surface area contributed by atoms with Gasteiger partial charge in [-0.2, -0.15) is 0 Å². The minimum atomic E-state index is 0.394. The third-order valence-corrected chi connectivity index (χ3v) is 1.14. The average molecular weight is 139 g/mol. The first-order valence-corrected chi connectivity index (χ1v) is 3.09. The van der Waals surface area contributed by atoms with Crippen LogP contribution in [0.4, 0.5) is 0 Å². The SMILES string of the molecule is O=CCNCc1ccoc1. The van der Waals surface area contributed by atoms with Crippen molar-refractivity contribution in [2.24, 2.45) is 0 Å². The molecule has 0 aromatic carbocycles. The van der Waals surface area contributed by atoms with Crippen molar-refractivity contribution in [2.75, 3.05) is 6.54 Å². The zero-order valence-corrected chi connectivity index (χ0v) is 5.54. The highest BCUT2D eigenvalue weighted by atomic mass is 16.3. The zero-order valence-electron chi connectivity index (χ0n) is 5.54. The molecule has 0 aliphatic rings. The molecule has 0 spiro atoms. The van der Waals surface area contributed by atoms with Gasteiger partial charge in [0.15, 0.2) is 0 Å². The van der Waals surface area contributed by atoms with Crippen LogP contribution >= 0.6 is 0 Å². The molecule has 0 unspecified atom stereocenters. The number of nitrogens with one attached hydrogen (secondary N) is 1. The summed E-state index contributed by atoms with van der Waals surface area (Å²) in [6.45, 7) is 1.08. The monoisotopic (exact) mass is 139 g/mol. The van der Waals surface area contributed by atoms with E-state index in [1.165, 1.54) is 0 Å². The fourth-order valence-electron chi connectivity index (χ4n) is 0.669. The van der Waals surface area contributed by atoms with Gasteiger partial charge in [-0.05, 0) is 6.07 Å². The van der Waals surface area contributed by atoms with Crippen LogP contribution in [0.5, 0.6) is 0 Å². The van der Waals surface area contributed by atoms with Crippen LogP contribution in [-0.2, 0) is 11.3 Å². The Balaban J connectivity index is 2.21. The lowest BCUT2D eigenvalue weighted by Crippen LogP contribution is -2.14. The van der Waals surface area contributed by atoms with E-state index < -0.39 is 0 Å². The van der Waals surface area contributed by atoms with Crippen molar-refractivity contribution in [1.29, 1.82) is 0 Å². The minimum Gasteiger partial charge on any atom is -0.472 e. The molecule has 0 radical (unpaired) electrons. The molecule has 0 atom stereocenters. The third kappa shape index (κ3) is 2.03. The summed E-state index contributed by atoms with van der Waals surface area (Å²) in [4.78, 5) is 9.85. The molecule has 54 valence electrons. The number of rotatable bonds is 4. The van der Waals surface area contributed by atoms with E-state index in [2.05, 4.69) is 5.32 Å². The topological polar surface area (TPSA) is 42.2 Å². The highest BCUT2D eigenvalue weighted by molar-refractivity contribution is 5.51. The van der Waals surface area contributed by atoms with E-state index in [-0.39, 0.29) is 0 Å². The second-order valence-electron chi connectivity index (χ2n) is 1.93. The highest BCUT2D eigenvalue weighted by Gasteiger charge is 1.90. The summed E-state index contributed by atoms with van der Waals surface area (Å²) < 4.78 is 4.82. The van der Waals surface area contributed by atoms with Gasteiger partial charge >= 0.3 is 0 Å². The molecule has 1 aromatic heterocycles. The molecule has 1 rings (SSSR count). The highest BCUT2D eigenvalue weighted by Crippen LogP contribution is 1.97. The van der Waals surface area contributed by atoms with Gasteiger partial charge in [0.25, 0.3) is 0 Å². The molecule has 0 aliphatic carbocycles. The molecular weight excluding hydrogens is 130 g/mol. The summed E-state index contributed by atoms with van der Waals surface area (Å²) in [6, 6.07) is 1.86. The number of carbonyl (C=O) groups excluding carboxylic acids is 1. The smallest absolute Gasteiger partial charge is 0.133 e. The molecule has 0 bridgehead atoms. The Hall–Kier alpha value is -1.09. The normalized spacial score (nSPS) is 9.60. The minimum absolute atomic E-state index is 0.394. The standard InChI is InChI=1S/C7H9NO2/c9-3-2-8-5-7-1-4-10-6-7/h1,3-4,6,8H,2,5H2. The van der Waals surface area contributed by atoms with Crippen molar-refractivity contribution in [2.45, 2.75) is 6.54 Å². The number of carbonyl (C=O) groups is 1. The molecule has 0 aliphatic heterocycles. The van der Waals surface area contributed by atoms with E-state index in [4.69, 9.17) is 4.42 Å². The van der Waals surface area contributed by atoms with Gasteiger partial charge in [0.1, 0.15) is 6.29 Å².